The molecule has 1 fully saturated rings. The van der Waals surface area contributed by atoms with Gasteiger partial charge in [-0.25, -0.2) is 4.99 Å². The van der Waals surface area contributed by atoms with Gasteiger partial charge >= 0.3 is 5.91 Å². The van der Waals surface area contributed by atoms with Crippen molar-refractivity contribution < 1.29 is 14.0 Å². The minimum atomic E-state index is -1.12. The first-order chi connectivity index (χ1) is 6.70. The fourth-order valence-electron chi connectivity index (χ4n) is 1.45. The number of amides is 1. The molecule has 0 aromatic rings. The molecule has 5 nitrogen and oxygen atoms in total. The van der Waals surface area contributed by atoms with Gasteiger partial charge in [0.05, 0.1) is 12.7 Å². The van der Waals surface area contributed by atoms with Crippen LogP contribution in [0.25, 0.3) is 0 Å². The smallest absolute Gasteiger partial charge is 0.302 e. The summed E-state index contributed by atoms with van der Waals surface area (Å²) >= 11 is 0. The van der Waals surface area contributed by atoms with Crippen LogP contribution in [0, 0.1) is 0 Å². The van der Waals surface area contributed by atoms with Gasteiger partial charge < -0.3 is 15.4 Å². The van der Waals surface area contributed by atoms with E-state index in [1.54, 1.807) is 0 Å². The monoisotopic (exact) mass is 201 g/mol. The lowest BCUT2D eigenvalue weighted by atomic mass is 10.2. The van der Waals surface area contributed by atoms with Crippen LogP contribution in [0.1, 0.15) is 12.8 Å². The maximum Gasteiger partial charge on any atom is 0.302 e. The van der Waals surface area contributed by atoms with Gasteiger partial charge in [0.1, 0.15) is 6.29 Å². The predicted octanol–water partition coefficient (Wildman–Crippen LogP) is -0.540. The van der Waals surface area contributed by atoms with Crippen molar-refractivity contribution in [1.82, 2.24) is 4.90 Å². The fraction of sp³-hybridized carbons (Fsp3) is 0.625. The Hall–Kier alpha value is -1.30. The molecule has 1 saturated heterocycles. The summed E-state index contributed by atoms with van der Waals surface area (Å²) in [6.07, 6.45) is 1.96. The zero-order valence-electron chi connectivity index (χ0n) is 7.65. The third kappa shape index (κ3) is 2.14. The summed E-state index contributed by atoms with van der Waals surface area (Å²) in [5.74, 6) is -1.97. The number of aliphatic imine (C=N–C) groups is 1. The summed E-state index contributed by atoms with van der Waals surface area (Å²) < 4.78 is 12.9. The summed E-state index contributed by atoms with van der Waals surface area (Å²) in [7, 11) is 0. The Labute approximate surface area is 80.8 Å². The number of carbonyl (C=O) groups excluding carboxylic acids is 2. The van der Waals surface area contributed by atoms with Crippen LogP contribution in [0.15, 0.2) is 4.99 Å². The number of carbonyl (C=O) groups is 2. The Morgan fingerprint density at radius 2 is 2.43 bits per heavy atom. The van der Waals surface area contributed by atoms with E-state index in [0.717, 1.165) is 0 Å². The average Bonchev–Trinajstić information content (AvgIpc) is 2.64. The number of likely N-dealkylation sites (tertiary alicyclic amines) is 1. The van der Waals surface area contributed by atoms with Crippen LogP contribution >= 0.6 is 0 Å². The van der Waals surface area contributed by atoms with Crippen molar-refractivity contribution in [1.29, 1.82) is 0 Å². The highest BCUT2D eigenvalue weighted by Gasteiger charge is 2.30. The first kappa shape index (κ1) is 10.8. The van der Waals surface area contributed by atoms with Gasteiger partial charge in [-0.2, -0.15) is 4.39 Å². The summed E-state index contributed by atoms with van der Waals surface area (Å²) in [4.78, 5) is 26.2. The number of hydrogen-bond donors (Lipinski definition) is 1. The van der Waals surface area contributed by atoms with E-state index in [1.807, 2.05) is 0 Å². The van der Waals surface area contributed by atoms with Crippen molar-refractivity contribution in [2.45, 2.75) is 18.9 Å². The van der Waals surface area contributed by atoms with Crippen LogP contribution in [-0.2, 0) is 9.59 Å². The Morgan fingerprint density at radius 1 is 1.71 bits per heavy atom. The van der Waals surface area contributed by atoms with Crippen molar-refractivity contribution in [2.75, 3.05) is 13.2 Å². The molecule has 0 radical (unpaired) electrons. The molecule has 6 heteroatoms. The van der Waals surface area contributed by atoms with E-state index in [0.29, 0.717) is 25.7 Å². The highest BCUT2D eigenvalue weighted by Crippen LogP contribution is 2.15. The number of aldehydes is 1. The maximum absolute atomic E-state index is 12.9. The van der Waals surface area contributed by atoms with Gasteiger partial charge in [0, 0.05) is 6.54 Å². The van der Waals surface area contributed by atoms with Gasteiger partial charge in [-0.3, -0.25) is 4.79 Å². The fourth-order valence-corrected chi connectivity index (χ4v) is 1.45. The Morgan fingerprint density at radius 3 is 3.00 bits per heavy atom. The standard InChI is InChI=1S/C8H12FN3O2/c9-7(11-5-10)8(14)12-3-1-2-6(12)4-13/h4,6H,1-3,5,10H2/b11-7+. The molecule has 1 amide bonds. The molecule has 14 heavy (non-hydrogen) atoms. The van der Waals surface area contributed by atoms with Crippen molar-refractivity contribution in [3.63, 3.8) is 0 Å². The van der Waals surface area contributed by atoms with E-state index in [4.69, 9.17) is 5.73 Å². The van der Waals surface area contributed by atoms with Crippen LogP contribution in [0.4, 0.5) is 4.39 Å². The van der Waals surface area contributed by atoms with Crippen LogP contribution in [0.3, 0.4) is 0 Å². The molecule has 1 heterocycles. The van der Waals surface area contributed by atoms with Gasteiger partial charge in [0.25, 0.3) is 5.97 Å². The van der Waals surface area contributed by atoms with E-state index in [9.17, 15) is 14.0 Å². The molecule has 1 aliphatic heterocycles. The summed E-state index contributed by atoms with van der Waals surface area (Å²) in [5, 5.41) is 0. The molecule has 0 bridgehead atoms. The summed E-state index contributed by atoms with van der Waals surface area (Å²) in [6.45, 7) is 0.132. The first-order valence-electron chi connectivity index (χ1n) is 4.37. The highest BCUT2D eigenvalue weighted by atomic mass is 19.1. The van der Waals surface area contributed by atoms with Gasteiger partial charge in [0.15, 0.2) is 0 Å². The molecule has 1 unspecified atom stereocenters. The van der Waals surface area contributed by atoms with Crippen LogP contribution in [0.5, 0.6) is 0 Å². The lowest BCUT2D eigenvalue weighted by Gasteiger charge is -2.18. The van der Waals surface area contributed by atoms with E-state index in [1.165, 1.54) is 4.90 Å². The molecule has 78 valence electrons. The van der Waals surface area contributed by atoms with Gasteiger partial charge in [0.2, 0.25) is 0 Å². The van der Waals surface area contributed by atoms with Crippen LogP contribution in [-0.4, -0.2) is 42.3 Å². The van der Waals surface area contributed by atoms with Crippen molar-refractivity contribution in [2.24, 2.45) is 10.7 Å². The topological polar surface area (TPSA) is 75.8 Å². The average molecular weight is 201 g/mol. The van der Waals surface area contributed by atoms with Gasteiger partial charge in [-0.15, -0.1) is 0 Å². The Balaban J connectivity index is 2.68. The second kappa shape index (κ2) is 4.80. The first-order valence-corrected chi connectivity index (χ1v) is 4.37. The van der Waals surface area contributed by atoms with E-state index >= 15 is 0 Å². The molecule has 0 aromatic carbocycles. The van der Waals surface area contributed by atoms with E-state index < -0.39 is 17.9 Å². The third-order valence-electron chi connectivity index (χ3n) is 2.12. The Kier molecular flexibility index (Phi) is 3.70. The molecule has 0 aromatic heterocycles. The van der Waals surface area contributed by atoms with Gasteiger partial charge in [-0.1, -0.05) is 0 Å². The Bertz CT molecular complexity index is 267. The summed E-state index contributed by atoms with van der Waals surface area (Å²) in [5.41, 5.74) is 4.97. The lowest BCUT2D eigenvalue weighted by molar-refractivity contribution is -0.128. The second-order valence-electron chi connectivity index (χ2n) is 2.98. The lowest BCUT2D eigenvalue weighted by Crippen LogP contribution is -2.39. The van der Waals surface area contributed by atoms with Crippen molar-refractivity contribution >= 4 is 18.2 Å². The highest BCUT2D eigenvalue weighted by molar-refractivity contribution is 6.34. The quantitative estimate of drug-likeness (QED) is 0.492. The molecule has 0 aliphatic carbocycles. The minimum absolute atomic E-state index is 0.267. The molecule has 1 atom stereocenters. The second-order valence-corrected chi connectivity index (χ2v) is 2.98. The summed E-state index contributed by atoms with van der Waals surface area (Å²) in [6, 6.07) is -0.513. The number of nitrogens with zero attached hydrogens (tertiary/aromatic N) is 2. The molecular formula is C8H12FN3O2. The largest absolute Gasteiger partial charge is 0.326 e. The third-order valence-corrected chi connectivity index (χ3v) is 2.12. The maximum atomic E-state index is 12.9. The van der Waals surface area contributed by atoms with Crippen LogP contribution in [0.2, 0.25) is 0 Å². The number of hydrogen-bond acceptors (Lipinski definition) is 4. The molecule has 0 spiro atoms. The molecular weight excluding hydrogens is 189 g/mol. The van der Waals surface area contributed by atoms with E-state index in [2.05, 4.69) is 4.99 Å². The molecule has 2 N–H and O–H groups in total. The number of halogens is 1. The minimum Gasteiger partial charge on any atom is -0.326 e. The normalized spacial score (nSPS) is 22.6. The predicted molar refractivity (Wildman–Crippen MR) is 48.4 cm³/mol. The zero-order chi connectivity index (χ0) is 10.6. The molecule has 1 rings (SSSR count). The SMILES string of the molecule is NC/N=C(/F)C(=O)N1CCCC1C=O. The molecule has 1 aliphatic rings. The number of rotatable bonds is 3. The van der Waals surface area contributed by atoms with Gasteiger partial charge in [-0.05, 0) is 12.8 Å². The van der Waals surface area contributed by atoms with E-state index in [-0.39, 0.29) is 6.67 Å². The van der Waals surface area contributed by atoms with Crippen LogP contribution < -0.4 is 5.73 Å². The van der Waals surface area contributed by atoms with Crippen molar-refractivity contribution in [3.05, 3.63) is 0 Å². The zero-order valence-corrected chi connectivity index (χ0v) is 7.65. The number of nitrogens with two attached hydrogens (primary N) is 1. The molecule has 0 saturated carbocycles. The van der Waals surface area contributed by atoms with Crippen molar-refractivity contribution in [3.8, 4) is 0 Å².